The van der Waals surface area contributed by atoms with Crippen molar-refractivity contribution in [2.24, 2.45) is 0 Å². The summed E-state index contributed by atoms with van der Waals surface area (Å²) in [7, 11) is 0. The first-order chi connectivity index (χ1) is 12.2. The van der Waals surface area contributed by atoms with Crippen LogP contribution >= 0.6 is 11.6 Å². The predicted octanol–water partition coefficient (Wildman–Crippen LogP) is 4.64. The van der Waals surface area contributed by atoms with Crippen LogP contribution in [0.25, 0.3) is 0 Å². The van der Waals surface area contributed by atoms with Gasteiger partial charge in [-0.3, -0.25) is 4.68 Å². The standard InChI is InChI=1S/C17H16ClF3N4O/c1-10(9-25-11(2)7-14(24-25)17(19,20)21)16-23-22-15(26-16)8-12-3-5-13(18)6-4-12/h3-7,10H,8-9H2,1-2H3/t10-/m1/s1. The van der Waals surface area contributed by atoms with Gasteiger partial charge in [0.25, 0.3) is 0 Å². The molecule has 2 aromatic heterocycles. The Labute approximate surface area is 152 Å². The van der Waals surface area contributed by atoms with Crippen LogP contribution in [0, 0.1) is 6.92 Å². The number of nitrogens with zero attached hydrogens (tertiary/aromatic N) is 4. The third-order valence-corrected chi connectivity index (χ3v) is 4.14. The van der Waals surface area contributed by atoms with Gasteiger partial charge in [-0.2, -0.15) is 18.3 Å². The van der Waals surface area contributed by atoms with Crippen molar-refractivity contribution in [3.05, 3.63) is 64.1 Å². The van der Waals surface area contributed by atoms with Crippen molar-refractivity contribution < 1.29 is 17.6 Å². The van der Waals surface area contributed by atoms with Crippen molar-refractivity contribution in [3.8, 4) is 0 Å². The predicted molar refractivity (Wildman–Crippen MR) is 88.9 cm³/mol. The van der Waals surface area contributed by atoms with E-state index in [-0.39, 0.29) is 12.5 Å². The maximum absolute atomic E-state index is 12.8. The lowest BCUT2D eigenvalue weighted by molar-refractivity contribution is -0.141. The van der Waals surface area contributed by atoms with E-state index in [0.717, 1.165) is 11.6 Å². The molecular formula is C17H16ClF3N4O. The number of alkyl halides is 3. The molecular weight excluding hydrogens is 369 g/mol. The average Bonchev–Trinajstić information content (AvgIpc) is 3.17. The van der Waals surface area contributed by atoms with Crippen molar-refractivity contribution in [2.45, 2.75) is 38.9 Å². The highest BCUT2D eigenvalue weighted by Crippen LogP contribution is 2.29. The molecule has 3 aromatic rings. The van der Waals surface area contributed by atoms with Crippen LogP contribution in [0.4, 0.5) is 13.2 Å². The van der Waals surface area contributed by atoms with Crippen LogP contribution in [-0.4, -0.2) is 20.0 Å². The monoisotopic (exact) mass is 384 g/mol. The van der Waals surface area contributed by atoms with Gasteiger partial charge in [0.15, 0.2) is 5.69 Å². The third-order valence-electron chi connectivity index (χ3n) is 3.89. The SMILES string of the molecule is Cc1cc(C(F)(F)F)nn1C[C@@H](C)c1nnc(Cc2ccc(Cl)cc2)o1. The van der Waals surface area contributed by atoms with Crippen LogP contribution < -0.4 is 0 Å². The van der Waals surface area contributed by atoms with E-state index in [9.17, 15) is 13.2 Å². The second kappa shape index (κ2) is 7.11. The summed E-state index contributed by atoms with van der Waals surface area (Å²) in [5, 5.41) is 12.3. The van der Waals surface area contributed by atoms with E-state index in [4.69, 9.17) is 16.0 Å². The first-order valence-corrected chi connectivity index (χ1v) is 8.28. The quantitative estimate of drug-likeness (QED) is 0.643. The molecule has 0 fully saturated rings. The maximum Gasteiger partial charge on any atom is 0.435 e. The van der Waals surface area contributed by atoms with Crippen molar-refractivity contribution in [2.75, 3.05) is 0 Å². The molecule has 2 heterocycles. The molecule has 1 aromatic carbocycles. The van der Waals surface area contributed by atoms with Crippen LogP contribution in [0.1, 0.15) is 41.6 Å². The molecule has 5 nitrogen and oxygen atoms in total. The Balaban J connectivity index is 1.69. The minimum absolute atomic E-state index is 0.213. The van der Waals surface area contributed by atoms with E-state index < -0.39 is 11.9 Å². The van der Waals surface area contributed by atoms with Crippen molar-refractivity contribution >= 4 is 11.6 Å². The van der Waals surface area contributed by atoms with Crippen molar-refractivity contribution in [1.29, 1.82) is 0 Å². The van der Waals surface area contributed by atoms with Gasteiger partial charge in [0.05, 0.1) is 18.9 Å². The summed E-state index contributed by atoms with van der Waals surface area (Å²) in [6.07, 6.45) is -4.01. The first kappa shape index (κ1) is 18.4. The lowest BCUT2D eigenvalue weighted by Crippen LogP contribution is -2.12. The number of hydrogen-bond acceptors (Lipinski definition) is 4. The van der Waals surface area contributed by atoms with Gasteiger partial charge in [-0.1, -0.05) is 30.7 Å². The minimum atomic E-state index is -4.46. The number of halogens is 4. The largest absolute Gasteiger partial charge is 0.435 e. The fraction of sp³-hybridized carbons (Fsp3) is 0.353. The molecule has 0 bridgehead atoms. The van der Waals surface area contributed by atoms with Crippen LogP contribution in [0.15, 0.2) is 34.7 Å². The fourth-order valence-electron chi connectivity index (χ4n) is 2.49. The number of aryl methyl sites for hydroxylation is 1. The number of benzene rings is 1. The molecule has 0 radical (unpaired) electrons. The van der Waals surface area contributed by atoms with Crippen LogP contribution in [0.5, 0.6) is 0 Å². The van der Waals surface area contributed by atoms with E-state index >= 15 is 0 Å². The lowest BCUT2D eigenvalue weighted by atomic mass is 10.1. The van der Waals surface area contributed by atoms with E-state index in [1.54, 1.807) is 26.0 Å². The highest BCUT2D eigenvalue weighted by atomic mass is 35.5. The van der Waals surface area contributed by atoms with Crippen molar-refractivity contribution in [3.63, 3.8) is 0 Å². The zero-order valence-electron chi connectivity index (χ0n) is 14.1. The molecule has 9 heteroatoms. The van der Waals surface area contributed by atoms with Gasteiger partial charge in [0.2, 0.25) is 11.8 Å². The van der Waals surface area contributed by atoms with Gasteiger partial charge < -0.3 is 4.42 Å². The lowest BCUT2D eigenvalue weighted by Gasteiger charge is -2.09. The summed E-state index contributed by atoms with van der Waals surface area (Å²) in [6.45, 7) is 3.59. The normalized spacial score (nSPS) is 13.2. The van der Waals surface area contributed by atoms with Gasteiger partial charge in [-0.05, 0) is 30.7 Å². The molecule has 1 atom stereocenters. The molecule has 0 N–H and O–H groups in total. The van der Waals surface area contributed by atoms with Gasteiger partial charge in [-0.25, -0.2) is 0 Å². The van der Waals surface area contributed by atoms with Crippen molar-refractivity contribution in [1.82, 2.24) is 20.0 Å². The smallest absolute Gasteiger partial charge is 0.425 e. The van der Waals surface area contributed by atoms with Gasteiger partial charge >= 0.3 is 6.18 Å². The summed E-state index contributed by atoms with van der Waals surface area (Å²) in [4.78, 5) is 0. The minimum Gasteiger partial charge on any atom is -0.425 e. The fourth-order valence-corrected chi connectivity index (χ4v) is 2.61. The second-order valence-electron chi connectivity index (χ2n) is 6.09. The van der Waals surface area contributed by atoms with Gasteiger partial charge in [0.1, 0.15) is 0 Å². The summed E-state index contributed by atoms with van der Waals surface area (Å²) in [5.41, 5.74) is 0.483. The molecule has 0 unspecified atom stereocenters. The molecule has 0 aliphatic rings. The van der Waals surface area contributed by atoms with E-state index in [1.807, 2.05) is 12.1 Å². The Morgan fingerprint density at radius 2 is 1.88 bits per heavy atom. The van der Waals surface area contributed by atoms with E-state index in [1.165, 1.54) is 4.68 Å². The highest BCUT2D eigenvalue weighted by Gasteiger charge is 2.34. The summed E-state index contributed by atoms with van der Waals surface area (Å²) >= 11 is 5.85. The average molecular weight is 385 g/mol. The third kappa shape index (κ3) is 4.24. The Kier molecular flexibility index (Phi) is 5.04. The Morgan fingerprint density at radius 3 is 2.50 bits per heavy atom. The Bertz CT molecular complexity index is 886. The number of hydrogen-bond donors (Lipinski definition) is 0. The van der Waals surface area contributed by atoms with Gasteiger partial charge in [0, 0.05) is 10.7 Å². The summed E-state index contributed by atoms with van der Waals surface area (Å²) in [5.74, 6) is 0.515. The zero-order chi connectivity index (χ0) is 18.9. The Morgan fingerprint density at radius 1 is 1.19 bits per heavy atom. The molecule has 0 saturated carbocycles. The van der Waals surface area contributed by atoms with Crippen LogP contribution in [-0.2, 0) is 19.1 Å². The van der Waals surface area contributed by atoms with E-state index in [2.05, 4.69) is 15.3 Å². The molecule has 0 amide bonds. The molecule has 3 rings (SSSR count). The number of rotatable bonds is 5. The zero-order valence-corrected chi connectivity index (χ0v) is 14.8. The molecule has 0 aliphatic carbocycles. The topological polar surface area (TPSA) is 56.7 Å². The molecule has 0 saturated heterocycles. The molecule has 0 aliphatic heterocycles. The maximum atomic E-state index is 12.8. The summed E-state index contributed by atoms with van der Waals surface area (Å²) < 4.78 is 45.2. The molecule has 26 heavy (non-hydrogen) atoms. The Hall–Kier alpha value is -2.35. The first-order valence-electron chi connectivity index (χ1n) is 7.90. The summed E-state index contributed by atoms with van der Waals surface area (Å²) in [6, 6.07) is 8.29. The van der Waals surface area contributed by atoms with Crippen LogP contribution in [0.2, 0.25) is 5.02 Å². The molecule has 0 spiro atoms. The highest BCUT2D eigenvalue weighted by molar-refractivity contribution is 6.30. The number of aromatic nitrogens is 4. The molecule has 138 valence electrons. The van der Waals surface area contributed by atoms with Crippen LogP contribution in [0.3, 0.4) is 0 Å². The van der Waals surface area contributed by atoms with Gasteiger partial charge in [-0.15, -0.1) is 10.2 Å². The second-order valence-corrected chi connectivity index (χ2v) is 6.53. The van der Waals surface area contributed by atoms with E-state index in [0.29, 0.717) is 28.9 Å².